The molecular formula is C31H39ClFN3O5S. The topological polar surface area (TPSA) is 113 Å². The molecule has 2 unspecified atom stereocenters. The van der Waals surface area contributed by atoms with Gasteiger partial charge >= 0.3 is 5.97 Å². The number of allylic oxidation sites excluding steroid dienone is 1. The van der Waals surface area contributed by atoms with E-state index in [1.165, 1.54) is 17.2 Å². The highest BCUT2D eigenvalue weighted by Gasteiger charge is 2.43. The number of carboxylic acid groups (broad SMARTS) is 1. The zero-order chi connectivity index (χ0) is 30.2. The average molecular weight is 620 g/mol. The van der Waals surface area contributed by atoms with E-state index in [2.05, 4.69) is 15.9 Å². The Kier molecular flexibility index (Phi) is 8.90. The molecule has 3 aliphatic rings. The van der Waals surface area contributed by atoms with Crippen molar-refractivity contribution in [1.29, 1.82) is 0 Å². The van der Waals surface area contributed by atoms with E-state index in [1.807, 2.05) is 12.1 Å². The summed E-state index contributed by atoms with van der Waals surface area (Å²) in [6.07, 6.45) is 5.51. The summed E-state index contributed by atoms with van der Waals surface area (Å²) in [6.45, 7) is 5.89. The van der Waals surface area contributed by atoms with Gasteiger partial charge in [-0.2, -0.15) is 0 Å². The first-order valence-corrected chi connectivity index (χ1v) is 16.5. The molecule has 2 aliphatic heterocycles. The average Bonchev–Trinajstić information content (AvgIpc) is 3.08. The van der Waals surface area contributed by atoms with Gasteiger partial charge in [0.1, 0.15) is 11.6 Å². The molecule has 0 radical (unpaired) electrons. The minimum atomic E-state index is -3.68. The van der Waals surface area contributed by atoms with Crippen LogP contribution < -0.4 is 14.8 Å². The fraction of sp³-hybridized carbons (Fsp3) is 0.516. The van der Waals surface area contributed by atoms with Gasteiger partial charge in [0, 0.05) is 36.1 Å². The Morgan fingerprint density at radius 2 is 2.07 bits per heavy atom. The number of aryl methyl sites for hydroxylation is 1. The summed E-state index contributed by atoms with van der Waals surface area (Å²) >= 11 is 6.34. The highest BCUT2D eigenvalue weighted by atomic mass is 35.5. The number of carboxylic acids is 1. The molecule has 2 aromatic rings. The predicted molar refractivity (Wildman–Crippen MR) is 163 cm³/mol. The van der Waals surface area contributed by atoms with Gasteiger partial charge in [0.2, 0.25) is 10.0 Å². The van der Waals surface area contributed by atoms with Crippen molar-refractivity contribution in [2.75, 3.05) is 37.7 Å². The Bertz CT molecular complexity index is 1480. The van der Waals surface area contributed by atoms with E-state index in [0.717, 1.165) is 37.9 Å². The summed E-state index contributed by atoms with van der Waals surface area (Å²) in [4.78, 5) is 16.2. The van der Waals surface area contributed by atoms with E-state index >= 15 is 4.39 Å². The third-order valence-electron chi connectivity index (χ3n) is 9.37. The van der Waals surface area contributed by atoms with Gasteiger partial charge in [0.25, 0.3) is 0 Å². The SMILES string of the molecule is CC(CC=C(F)CN1CC[C@H]1CN1C[C@@]2(CCCc3cc(Cl)ccc32)COc2ccc(C(=O)O)cc21)C(C)S(N)(=O)=O. The van der Waals surface area contributed by atoms with Gasteiger partial charge in [-0.05, 0) is 86.4 Å². The van der Waals surface area contributed by atoms with Crippen LogP contribution in [0.2, 0.25) is 5.02 Å². The number of benzene rings is 2. The van der Waals surface area contributed by atoms with Gasteiger partial charge in [0.05, 0.1) is 29.7 Å². The number of ether oxygens (including phenoxy) is 1. The first-order valence-electron chi connectivity index (χ1n) is 14.5. The van der Waals surface area contributed by atoms with Crippen LogP contribution in [0.15, 0.2) is 48.3 Å². The number of nitrogens with zero attached hydrogens (tertiary/aromatic N) is 2. The van der Waals surface area contributed by atoms with Crippen LogP contribution in [0, 0.1) is 5.92 Å². The predicted octanol–water partition coefficient (Wildman–Crippen LogP) is 5.14. The largest absolute Gasteiger partial charge is 0.490 e. The molecule has 8 nitrogen and oxygen atoms in total. The van der Waals surface area contributed by atoms with Crippen molar-refractivity contribution in [3.8, 4) is 5.75 Å². The maximum atomic E-state index is 15.0. The number of likely N-dealkylation sites (tertiary alicyclic amines) is 1. The third kappa shape index (κ3) is 6.46. The maximum absolute atomic E-state index is 15.0. The summed E-state index contributed by atoms with van der Waals surface area (Å²) in [7, 11) is -3.68. The third-order valence-corrected chi connectivity index (χ3v) is 11.1. The Labute approximate surface area is 252 Å². The number of hydrogen-bond donors (Lipinski definition) is 2. The molecular weight excluding hydrogens is 581 g/mol. The Morgan fingerprint density at radius 1 is 1.29 bits per heavy atom. The van der Waals surface area contributed by atoms with E-state index in [0.29, 0.717) is 30.5 Å². The molecule has 0 amide bonds. The molecule has 11 heteroatoms. The van der Waals surface area contributed by atoms with Gasteiger partial charge in [-0.3, -0.25) is 4.90 Å². The van der Waals surface area contributed by atoms with Crippen LogP contribution in [-0.4, -0.2) is 68.5 Å². The van der Waals surface area contributed by atoms with E-state index in [1.54, 1.807) is 32.0 Å². The van der Waals surface area contributed by atoms with Crippen LogP contribution >= 0.6 is 11.6 Å². The first-order chi connectivity index (χ1) is 19.9. The Balaban J connectivity index is 1.37. The van der Waals surface area contributed by atoms with Crippen LogP contribution in [-0.2, 0) is 21.9 Å². The molecule has 2 aromatic carbocycles. The lowest BCUT2D eigenvalue weighted by molar-refractivity contribution is 0.0697. The van der Waals surface area contributed by atoms with Crippen LogP contribution in [0.25, 0.3) is 0 Å². The van der Waals surface area contributed by atoms with Crippen molar-refractivity contribution in [1.82, 2.24) is 4.90 Å². The molecule has 1 aliphatic carbocycles. The number of nitrogens with two attached hydrogens (primary N) is 1. The number of fused-ring (bicyclic) bond motifs is 3. The van der Waals surface area contributed by atoms with Gasteiger partial charge in [-0.25, -0.2) is 22.7 Å². The number of aromatic carboxylic acids is 1. The van der Waals surface area contributed by atoms with E-state index in [-0.39, 0.29) is 41.7 Å². The molecule has 4 atom stereocenters. The molecule has 5 rings (SSSR count). The molecule has 2 heterocycles. The quantitative estimate of drug-likeness (QED) is 0.399. The number of anilines is 1. The minimum absolute atomic E-state index is 0.0645. The van der Waals surface area contributed by atoms with Crippen LogP contribution in [0.1, 0.15) is 61.0 Å². The molecule has 1 spiro atoms. The van der Waals surface area contributed by atoms with Crippen molar-refractivity contribution < 1.29 is 27.4 Å². The number of primary sulfonamides is 1. The van der Waals surface area contributed by atoms with Gasteiger partial charge < -0.3 is 14.7 Å². The molecule has 0 saturated carbocycles. The first kappa shape index (κ1) is 30.8. The Morgan fingerprint density at radius 3 is 2.76 bits per heavy atom. The second-order valence-corrected chi connectivity index (χ2v) is 14.5. The lowest BCUT2D eigenvalue weighted by Crippen LogP contribution is -2.56. The lowest BCUT2D eigenvalue weighted by atomic mass is 9.70. The van der Waals surface area contributed by atoms with E-state index in [4.69, 9.17) is 21.5 Å². The highest BCUT2D eigenvalue weighted by Crippen LogP contribution is 2.45. The van der Waals surface area contributed by atoms with Crippen LogP contribution in [0.5, 0.6) is 5.75 Å². The van der Waals surface area contributed by atoms with Gasteiger partial charge in [0.15, 0.2) is 0 Å². The van der Waals surface area contributed by atoms with Crippen molar-refractivity contribution in [3.05, 3.63) is 70.0 Å². The van der Waals surface area contributed by atoms with Crippen LogP contribution in [0.4, 0.5) is 10.1 Å². The second kappa shape index (κ2) is 12.1. The zero-order valence-electron chi connectivity index (χ0n) is 24.1. The summed E-state index contributed by atoms with van der Waals surface area (Å²) in [6, 6.07) is 11.1. The zero-order valence-corrected chi connectivity index (χ0v) is 25.6. The van der Waals surface area contributed by atoms with Crippen LogP contribution in [0.3, 0.4) is 0 Å². The number of sulfonamides is 1. The molecule has 1 fully saturated rings. The minimum Gasteiger partial charge on any atom is -0.490 e. The van der Waals surface area contributed by atoms with Crippen molar-refractivity contribution in [2.45, 2.75) is 62.7 Å². The van der Waals surface area contributed by atoms with Gasteiger partial charge in [-0.15, -0.1) is 0 Å². The Hall–Kier alpha value is -2.66. The number of halogens is 2. The number of carbonyl (C=O) groups is 1. The number of rotatable bonds is 9. The van der Waals surface area contributed by atoms with E-state index < -0.39 is 21.2 Å². The molecule has 42 heavy (non-hydrogen) atoms. The maximum Gasteiger partial charge on any atom is 0.335 e. The molecule has 0 aromatic heterocycles. The monoisotopic (exact) mass is 619 g/mol. The second-order valence-electron chi connectivity index (χ2n) is 12.2. The molecule has 1 saturated heterocycles. The molecule has 228 valence electrons. The normalized spacial score (nSPS) is 24.2. The standard InChI is InChI=1S/C31H39ClFN3O5S/c1-20(21(2)42(34,39)40)5-8-25(33)16-35-13-11-26(35)17-36-18-31(12-3-4-22-14-24(32)7-9-27(22)31)19-41-29-10-6-23(30(37)38)15-28(29)36/h6-10,14-15,20-21,26H,3-5,11-13,16-19H2,1-2H3,(H,37,38)(H2,34,39,40)/t20?,21?,26-,31-/m0/s1. The molecule has 0 bridgehead atoms. The summed E-state index contributed by atoms with van der Waals surface area (Å²) in [5.74, 6) is -0.958. The number of hydrogen-bond acceptors (Lipinski definition) is 6. The highest BCUT2D eigenvalue weighted by molar-refractivity contribution is 7.89. The summed E-state index contributed by atoms with van der Waals surface area (Å²) in [5, 5.41) is 14.9. The lowest BCUT2D eigenvalue weighted by Gasteiger charge is -2.46. The van der Waals surface area contributed by atoms with E-state index in [9.17, 15) is 18.3 Å². The summed E-state index contributed by atoms with van der Waals surface area (Å²) in [5.41, 5.74) is 3.07. The van der Waals surface area contributed by atoms with Gasteiger partial charge in [-0.1, -0.05) is 30.7 Å². The fourth-order valence-corrected chi connectivity index (χ4v) is 7.45. The van der Waals surface area contributed by atoms with Crippen molar-refractivity contribution >= 4 is 33.3 Å². The van der Waals surface area contributed by atoms with Crippen molar-refractivity contribution in [3.63, 3.8) is 0 Å². The van der Waals surface area contributed by atoms with Crippen molar-refractivity contribution in [2.24, 2.45) is 11.1 Å². The summed E-state index contributed by atoms with van der Waals surface area (Å²) < 4.78 is 44.7. The fourth-order valence-electron chi connectivity index (χ4n) is 6.50. The molecule has 3 N–H and O–H groups in total. The smallest absolute Gasteiger partial charge is 0.335 e.